The zero-order valence-corrected chi connectivity index (χ0v) is 17.8. The van der Waals surface area contributed by atoms with Crippen molar-refractivity contribution in [2.45, 2.75) is 109 Å². The molecule has 0 aromatic heterocycles. The first kappa shape index (κ1) is 23.2. The molecule has 3 nitrogen and oxygen atoms in total. The maximum absolute atomic E-state index is 11.6. The van der Waals surface area contributed by atoms with E-state index in [0.717, 1.165) is 36.0 Å². The molecule has 0 saturated heterocycles. The highest BCUT2D eigenvalue weighted by Crippen LogP contribution is 2.24. The first-order valence-corrected chi connectivity index (χ1v) is 11.9. The summed E-state index contributed by atoms with van der Waals surface area (Å²) >= 11 is 0. The van der Waals surface area contributed by atoms with E-state index in [1.807, 2.05) is 13.8 Å². The van der Waals surface area contributed by atoms with Crippen LogP contribution in [-0.2, 0) is 16.5 Å². The lowest BCUT2D eigenvalue weighted by Crippen LogP contribution is -2.06. The second-order valence-corrected chi connectivity index (χ2v) is 8.99. The van der Waals surface area contributed by atoms with Crippen molar-refractivity contribution in [2.24, 2.45) is 0 Å². The fourth-order valence-corrected chi connectivity index (χ4v) is 4.35. The van der Waals surface area contributed by atoms with Gasteiger partial charge >= 0.3 is 0 Å². The van der Waals surface area contributed by atoms with Crippen molar-refractivity contribution < 1.29 is 13.0 Å². The van der Waals surface area contributed by atoms with Crippen LogP contribution >= 0.6 is 0 Å². The normalized spacial score (nSPS) is 11.8. The quantitative estimate of drug-likeness (QED) is 0.284. The molecule has 1 rings (SSSR count). The molecule has 1 aromatic rings. The van der Waals surface area contributed by atoms with Crippen LogP contribution in [0, 0.1) is 13.8 Å². The molecule has 0 heterocycles. The van der Waals surface area contributed by atoms with E-state index in [4.69, 9.17) is 0 Å². The third-order valence-corrected chi connectivity index (χ3v) is 6.32. The first-order chi connectivity index (χ1) is 12.4. The van der Waals surface area contributed by atoms with Gasteiger partial charge in [0.15, 0.2) is 0 Å². The molecule has 0 atom stereocenters. The minimum atomic E-state index is -4.14. The van der Waals surface area contributed by atoms with Crippen molar-refractivity contribution >= 4 is 10.1 Å². The summed E-state index contributed by atoms with van der Waals surface area (Å²) in [5.41, 5.74) is 2.86. The van der Waals surface area contributed by atoms with Gasteiger partial charge in [0.1, 0.15) is 0 Å². The van der Waals surface area contributed by atoms with Crippen LogP contribution in [0.5, 0.6) is 0 Å². The molecule has 0 aliphatic heterocycles. The number of hydrogen-bond donors (Lipinski definition) is 1. The molecule has 0 aliphatic rings. The molecule has 0 bridgehead atoms. The lowest BCUT2D eigenvalue weighted by atomic mass is 9.97. The van der Waals surface area contributed by atoms with Crippen molar-refractivity contribution in [1.29, 1.82) is 0 Å². The Bertz CT molecular complexity index is 621. The molecule has 4 heteroatoms. The second kappa shape index (κ2) is 12.5. The van der Waals surface area contributed by atoms with Gasteiger partial charge in [0.05, 0.1) is 4.90 Å². The van der Waals surface area contributed by atoms with Gasteiger partial charge in [-0.2, -0.15) is 8.42 Å². The van der Waals surface area contributed by atoms with E-state index in [0.29, 0.717) is 0 Å². The highest BCUT2D eigenvalue weighted by molar-refractivity contribution is 7.85. The van der Waals surface area contributed by atoms with E-state index in [1.165, 1.54) is 70.3 Å². The van der Waals surface area contributed by atoms with Gasteiger partial charge in [-0.25, -0.2) is 0 Å². The molecule has 0 aliphatic carbocycles. The molecule has 26 heavy (non-hydrogen) atoms. The van der Waals surface area contributed by atoms with Gasteiger partial charge in [-0.05, 0) is 49.4 Å². The smallest absolute Gasteiger partial charge is 0.282 e. The summed E-state index contributed by atoms with van der Waals surface area (Å²) in [6, 6.07) is 3.30. The predicted octanol–water partition coefficient (Wildman–Crippen LogP) is 6.79. The van der Waals surface area contributed by atoms with Crippen molar-refractivity contribution in [1.82, 2.24) is 0 Å². The topological polar surface area (TPSA) is 54.4 Å². The van der Waals surface area contributed by atoms with E-state index >= 15 is 0 Å². The lowest BCUT2D eigenvalue weighted by Gasteiger charge is -2.13. The Labute approximate surface area is 161 Å². The maximum Gasteiger partial charge on any atom is 0.294 e. The monoisotopic (exact) mass is 382 g/mol. The SMILES string of the molecule is CCCCCCCCCCCCCCc1c(S(=O)(=O)O)ccc(C)c1C. The average Bonchev–Trinajstić information content (AvgIpc) is 2.58. The Kier molecular flexibility index (Phi) is 11.1. The van der Waals surface area contributed by atoms with Crippen LogP contribution in [0.15, 0.2) is 17.0 Å². The molecule has 0 radical (unpaired) electrons. The molecular formula is C22H38O3S. The number of hydrogen-bond acceptors (Lipinski definition) is 2. The zero-order valence-electron chi connectivity index (χ0n) is 17.0. The van der Waals surface area contributed by atoms with Gasteiger partial charge < -0.3 is 0 Å². The summed E-state index contributed by atoms with van der Waals surface area (Å²) in [6.45, 7) is 6.18. The van der Waals surface area contributed by atoms with E-state index in [1.54, 1.807) is 6.07 Å². The van der Waals surface area contributed by atoms with Gasteiger partial charge in [0.25, 0.3) is 10.1 Å². The summed E-state index contributed by atoms with van der Waals surface area (Å²) in [5, 5.41) is 0. The van der Waals surface area contributed by atoms with Gasteiger partial charge in [-0.15, -0.1) is 0 Å². The standard InChI is InChI=1S/C22H38O3S/c1-4-5-6-7-8-9-10-11-12-13-14-15-16-21-20(3)19(2)17-18-22(21)26(23,24)25/h17-18H,4-16H2,1-3H3,(H,23,24,25). The molecule has 150 valence electrons. The van der Waals surface area contributed by atoms with Crippen LogP contribution in [-0.4, -0.2) is 13.0 Å². The van der Waals surface area contributed by atoms with Crippen molar-refractivity contribution in [3.05, 3.63) is 28.8 Å². The molecule has 0 unspecified atom stereocenters. The van der Waals surface area contributed by atoms with E-state index in [-0.39, 0.29) is 4.90 Å². The number of benzene rings is 1. The third kappa shape index (κ3) is 8.68. The molecule has 0 saturated carbocycles. The number of unbranched alkanes of at least 4 members (excludes halogenated alkanes) is 11. The third-order valence-electron chi connectivity index (χ3n) is 5.38. The number of aryl methyl sites for hydroxylation is 1. The average molecular weight is 383 g/mol. The van der Waals surface area contributed by atoms with Crippen LogP contribution in [0.4, 0.5) is 0 Å². The fraction of sp³-hybridized carbons (Fsp3) is 0.727. The molecule has 0 fully saturated rings. The summed E-state index contributed by atoms with van der Waals surface area (Å²) in [7, 11) is -4.14. The number of rotatable bonds is 14. The van der Waals surface area contributed by atoms with Gasteiger partial charge in [0.2, 0.25) is 0 Å². The Morgan fingerprint density at radius 2 is 1.23 bits per heavy atom. The lowest BCUT2D eigenvalue weighted by molar-refractivity contribution is 0.481. The molecular weight excluding hydrogens is 344 g/mol. The zero-order chi connectivity index (χ0) is 19.4. The van der Waals surface area contributed by atoms with Gasteiger partial charge in [-0.1, -0.05) is 83.6 Å². The Hall–Kier alpha value is -0.870. The molecule has 0 amide bonds. The Balaban J connectivity index is 2.23. The predicted molar refractivity (Wildman–Crippen MR) is 111 cm³/mol. The van der Waals surface area contributed by atoms with E-state index in [9.17, 15) is 13.0 Å². The van der Waals surface area contributed by atoms with Crippen molar-refractivity contribution in [2.75, 3.05) is 0 Å². The summed E-state index contributed by atoms with van der Waals surface area (Å²) in [5.74, 6) is 0. The molecule has 1 aromatic carbocycles. The van der Waals surface area contributed by atoms with Crippen molar-refractivity contribution in [3.8, 4) is 0 Å². The van der Waals surface area contributed by atoms with Crippen LogP contribution in [0.2, 0.25) is 0 Å². The van der Waals surface area contributed by atoms with E-state index < -0.39 is 10.1 Å². The minimum absolute atomic E-state index is 0.0867. The maximum atomic E-state index is 11.6. The Morgan fingerprint density at radius 1 is 0.769 bits per heavy atom. The summed E-state index contributed by atoms with van der Waals surface area (Å²) in [6.07, 6.45) is 16.2. The Morgan fingerprint density at radius 3 is 1.69 bits per heavy atom. The highest BCUT2D eigenvalue weighted by Gasteiger charge is 2.17. The molecule has 1 N–H and O–H groups in total. The van der Waals surface area contributed by atoms with E-state index in [2.05, 4.69) is 6.92 Å². The van der Waals surface area contributed by atoms with Crippen LogP contribution < -0.4 is 0 Å². The second-order valence-electron chi connectivity index (χ2n) is 7.60. The first-order valence-electron chi connectivity index (χ1n) is 10.4. The molecule has 0 spiro atoms. The van der Waals surface area contributed by atoms with Crippen LogP contribution in [0.1, 0.15) is 101 Å². The largest absolute Gasteiger partial charge is 0.294 e. The highest BCUT2D eigenvalue weighted by atomic mass is 32.2. The van der Waals surface area contributed by atoms with Gasteiger partial charge in [-0.3, -0.25) is 4.55 Å². The van der Waals surface area contributed by atoms with Gasteiger partial charge in [0, 0.05) is 0 Å². The summed E-state index contributed by atoms with van der Waals surface area (Å²) < 4.78 is 32.6. The summed E-state index contributed by atoms with van der Waals surface area (Å²) in [4.78, 5) is 0.0867. The minimum Gasteiger partial charge on any atom is -0.282 e. The van der Waals surface area contributed by atoms with Crippen molar-refractivity contribution in [3.63, 3.8) is 0 Å². The fourth-order valence-electron chi connectivity index (χ4n) is 3.54. The van der Waals surface area contributed by atoms with Crippen LogP contribution in [0.3, 0.4) is 0 Å². The van der Waals surface area contributed by atoms with Crippen LogP contribution in [0.25, 0.3) is 0 Å².